The van der Waals surface area contributed by atoms with Gasteiger partial charge in [-0.1, -0.05) is 23.7 Å². The van der Waals surface area contributed by atoms with Crippen LogP contribution in [0.15, 0.2) is 42.7 Å². The number of β-amino-alcohol motifs (C(OH)–C–C–N with tert-alkyl or cyclic N) is 1. The molecule has 4 rings (SSSR count). The second kappa shape index (κ2) is 7.61. The predicted molar refractivity (Wildman–Crippen MR) is 108 cm³/mol. The first-order valence-electron chi connectivity index (χ1n) is 9.06. The lowest BCUT2D eigenvalue weighted by Crippen LogP contribution is -2.42. The third kappa shape index (κ3) is 3.72. The van der Waals surface area contributed by atoms with E-state index in [2.05, 4.69) is 15.0 Å². The van der Waals surface area contributed by atoms with E-state index in [-0.39, 0.29) is 11.9 Å². The second-order valence-corrected chi connectivity index (χ2v) is 7.29. The molecule has 1 aliphatic heterocycles. The van der Waals surface area contributed by atoms with Crippen molar-refractivity contribution in [2.75, 3.05) is 18.8 Å². The van der Waals surface area contributed by atoms with E-state index in [1.54, 1.807) is 29.4 Å². The molecular formula is C20H20ClN5O2. The van der Waals surface area contributed by atoms with E-state index in [9.17, 15) is 9.90 Å². The number of carbonyl (C=O) groups is 1. The van der Waals surface area contributed by atoms with Crippen LogP contribution in [0.3, 0.4) is 0 Å². The van der Waals surface area contributed by atoms with Crippen molar-refractivity contribution in [1.82, 2.24) is 19.9 Å². The molecule has 0 spiro atoms. The third-order valence-electron chi connectivity index (χ3n) is 4.81. The highest BCUT2D eigenvalue weighted by atomic mass is 35.5. The van der Waals surface area contributed by atoms with Crippen LogP contribution in [0.4, 0.5) is 5.95 Å². The van der Waals surface area contributed by atoms with Gasteiger partial charge in [-0.05, 0) is 36.6 Å². The van der Waals surface area contributed by atoms with Crippen molar-refractivity contribution in [2.45, 2.75) is 18.9 Å². The summed E-state index contributed by atoms with van der Waals surface area (Å²) in [6.45, 7) is 0.986. The molecule has 1 saturated heterocycles. The fraction of sp³-hybridized carbons (Fsp3) is 0.250. The Kier molecular flexibility index (Phi) is 5.02. The van der Waals surface area contributed by atoms with Gasteiger partial charge in [-0.2, -0.15) is 0 Å². The molecule has 1 amide bonds. The molecule has 4 N–H and O–H groups in total. The Morgan fingerprint density at radius 1 is 1.32 bits per heavy atom. The van der Waals surface area contributed by atoms with Crippen molar-refractivity contribution in [3.8, 4) is 22.4 Å². The lowest BCUT2D eigenvalue weighted by molar-refractivity contribution is 0.0469. The number of aliphatic hydroxyl groups excluding tert-OH is 1. The van der Waals surface area contributed by atoms with Crippen LogP contribution < -0.4 is 5.73 Å². The second-order valence-electron chi connectivity index (χ2n) is 6.85. The number of amides is 1. The van der Waals surface area contributed by atoms with E-state index in [0.717, 1.165) is 29.5 Å². The molecule has 1 aliphatic rings. The summed E-state index contributed by atoms with van der Waals surface area (Å²) >= 11 is 6.13. The quantitative estimate of drug-likeness (QED) is 0.629. The normalized spacial score (nSPS) is 16.9. The van der Waals surface area contributed by atoms with Gasteiger partial charge in [0.2, 0.25) is 5.95 Å². The molecule has 0 bridgehead atoms. The number of nitrogens with one attached hydrogen (secondary N) is 1. The zero-order valence-electron chi connectivity index (χ0n) is 15.1. The number of rotatable bonds is 3. The number of halogens is 1. The number of nitrogens with two attached hydrogens (primary N) is 1. The highest BCUT2D eigenvalue weighted by Crippen LogP contribution is 2.32. The van der Waals surface area contributed by atoms with E-state index in [0.29, 0.717) is 29.5 Å². The maximum Gasteiger partial charge on any atom is 0.270 e. The van der Waals surface area contributed by atoms with Gasteiger partial charge in [0.1, 0.15) is 5.69 Å². The summed E-state index contributed by atoms with van der Waals surface area (Å²) in [5.41, 5.74) is 9.22. The molecule has 0 radical (unpaired) electrons. The van der Waals surface area contributed by atoms with Gasteiger partial charge in [-0.15, -0.1) is 0 Å². The number of hydrogen-bond acceptors (Lipinski definition) is 5. The average molecular weight is 398 g/mol. The minimum atomic E-state index is -0.469. The minimum absolute atomic E-state index is 0.142. The number of aromatic nitrogens is 3. The highest BCUT2D eigenvalue weighted by Gasteiger charge is 2.24. The van der Waals surface area contributed by atoms with Crippen molar-refractivity contribution < 1.29 is 9.90 Å². The lowest BCUT2D eigenvalue weighted by Gasteiger charge is -2.29. The zero-order chi connectivity index (χ0) is 19.7. The molecule has 144 valence electrons. The Hall–Kier alpha value is -2.90. The number of nitrogen functional groups attached to an aromatic ring is 1. The molecule has 28 heavy (non-hydrogen) atoms. The van der Waals surface area contributed by atoms with Crippen molar-refractivity contribution in [3.05, 3.63) is 53.4 Å². The van der Waals surface area contributed by atoms with Crippen LogP contribution in [0.25, 0.3) is 22.4 Å². The largest absolute Gasteiger partial charge is 0.391 e. The van der Waals surface area contributed by atoms with E-state index >= 15 is 0 Å². The highest BCUT2D eigenvalue weighted by molar-refractivity contribution is 6.30. The molecule has 3 aromatic rings. The van der Waals surface area contributed by atoms with Gasteiger partial charge in [0.15, 0.2) is 0 Å². The monoisotopic (exact) mass is 397 g/mol. The fourth-order valence-electron chi connectivity index (χ4n) is 3.45. The van der Waals surface area contributed by atoms with E-state index in [1.807, 2.05) is 18.2 Å². The van der Waals surface area contributed by atoms with Crippen molar-refractivity contribution in [3.63, 3.8) is 0 Å². The number of aromatic amines is 1. The summed E-state index contributed by atoms with van der Waals surface area (Å²) in [6.07, 6.45) is 4.43. The van der Waals surface area contributed by atoms with E-state index < -0.39 is 6.10 Å². The molecule has 7 nitrogen and oxygen atoms in total. The maximum atomic E-state index is 12.8. The van der Waals surface area contributed by atoms with Crippen LogP contribution in [0.2, 0.25) is 5.02 Å². The van der Waals surface area contributed by atoms with Crippen LogP contribution in [0.5, 0.6) is 0 Å². The van der Waals surface area contributed by atoms with Crippen molar-refractivity contribution in [2.24, 2.45) is 0 Å². The van der Waals surface area contributed by atoms with Crippen LogP contribution in [-0.4, -0.2) is 50.1 Å². The Bertz CT molecular complexity index is 1020. The summed E-state index contributed by atoms with van der Waals surface area (Å²) < 4.78 is 0. The molecule has 1 unspecified atom stereocenters. The number of likely N-dealkylation sites (tertiary alicyclic amines) is 1. The summed E-state index contributed by atoms with van der Waals surface area (Å²) in [7, 11) is 0. The summed E-state index contributed by atoms with van der Waals surface area (Å²) in [4.78, 5) is 25.9. The number of piperidine rings is 1. The number of carbonyl (C=O) groups excluding carboxylic acids is 1. The van der Waals surface area contributed by atoms with Crippen molar-refractivity contribution >= 4 is 23.5 Å². The Morgan fingerprint density at radius 2 is 2.18 bits per heavy atom. The van der Waals surface area contributed by atoms with Gasteiger partial charge in [0.25, 0.3) is 5.91 Å². The molecule has 1 aromatic carbocycles. The summed E-state index contributed by atoms with van der Waals surface area (Å²) in [5.74, 6) is 0.00495. The number of nitrogens with zero attached hydrogens (tertiary/aromatic N) is 3. The van der Waals surface area contributed by atoms with Gasteiger partial charge in [0, 0.05) is 41.6 Å². The SMILES string of the molecule is Nc1ncc(-c2cccc(Cl)c2)c(-c2c[nH]c(C(=O)N3CCCC(O)C3)c2)n1. The first-order valence-corrected chi connectivity index (χ1v) is 9.43. The predicted octanol–water partition coefficient (Wildman–Crippen LogP) is 2.97. The van der Waals surface area contributed by atoms with E-state index in [1.165, 1.54) is 0 Å². The lowest BCUT2D eigenvalue weighted by atomic mass is 10.0. The van der Waals surface area contributed by atoms with Crippen LogP contribution in [0, 0.1) is 0 Å². The summed E-state index contributed by atoms with van der Waals surface area (Å²) in [6, 6.07) is 9.14. The zero-order valence-corrected chi connectivity index (χ0v) is 15.9. The van der Waals surface area contributed by atoms with Gasteiger partial charge < -0.3 is 20.7 Å². The number of benzene rings is 1. The average Bonchev–Trinajstić information content (AvgIpc) is 3.17. The molecule has 0 aliphatic carbocycles. The van der Waals surface area contributed by atoms with Crippen LogP contribution in [-0.2, 0) is 0 Å². The van der Waals surface area contributed by atoms with Gasteiger partial charge in [0.05, 0.1) is 11.8 Å². The smallest absolute Gasteiger partial charge is 0.270 e. The molecule has 0 saturated carbocycles. The molecule has 2 aromatic heterocycles. The first-order chi connectivity index (χ1) is 13.5. The van der Waals surface area contributed by atoms with Gasteiger partial charge in [-0.25, -0.2) is 9.97 Å². The summed E-state index contributed by atoms with van der Waals surface area (Å²) in [5, 5.41) is 10.4. The molecule has 3 heterocycles. The maximum absolute atomic E-state index is 12.8. The van der Waals surface area contributed by atoms with Crippen LogP contribution >= 0.6 is 11.6 Å². The topological polar surface area (TPSA) is 108 Å². The fourth-order valence-corrected chi connectivity index (χ4v) is 3.64. The van der Waals surface area contributed by atoms with Gasteiger partial charge in [-0.3, -0.25) is 4.79 Å². The number of anilines is 1. The first kappa shape index (κ1) is 18.5. The molecule has 8 heteroatoms. The van der Waals surface area contributed by atoms with Gasteiger partial charge >= 0.3 is 0 Å². The molecule has 1 atom stereocenters. The standard InChI is InChI=1S/C20H20ClN5O2/c21-14-4-1-3-12(7-14)16-10-24-20(22)25-18(16)13-8-17(23-9-13)19(28)26-6-2-5-15(27)11-26/h1,3-4,7-10,15,23,27H,2,5-6,11H2,(H2,22,24,25). The molecular weight excluding hydrogens is 378 g/mol. The van der Waals surface area contributed by atoms with Crippen molar-refractivity contribution in [1.29, 1.82) is 0 Å². The Morgan fingerprint density at radius 3 is 2.96 bits per heavy atom. The van der Waals surface area contributed by atoms with E-state index in [4.69, 9.17) is 17.3 Å². The molecule has 1 fully saturated rings. The number of hydrogen-bond donors (Lipinski definition) is 3. The Balaban J connectivity index is 1.69. The third-order valence-corrected chi connectivity index (χ3v) is 5.05. The van der Waals surface area contributed by atoms with Crippen LogP contribution in [0.1, 0.15) is 23.3 Å². The minimum Gasteiger partial charge on any atom is -0.391 e. The number of aliphatic hydroxyl groups is 1. The number of H-pyrrole nitrogens is 1. The Labute approximate surface area is 167 Å².